The Kier molecular flexibility index (Phi) is 2.89. The Bertz CT molecular complexity index is 934. The average Bonchev–Trinajstić information content (AvgIpc) is 3.17. The van der Waals surface area contributed by atoms with Crippen molar-refractivity contribution in [3.05, 3.63) is 66.1 Å². The Morgan fingerprint density at radius 2 is 2.00 bits per heavy atom. The first kappa shape index (κ1) is 12.6. The highest BCUT2D eigenvalue weighted by atomic mass is 16.1. The zero-order valence-corrected chi connectivity index (χ0v) is 11.8. The number of nitrogens with zero attached hydrogens (tertiary/aromatic N) is 1. The molecule has 1 amide bonds. The van der Waals surface area contributed by atoms with Gasteiger partial charge >= 0.3 is 0 Å². The maximum atomic E-state index is 12.2. The Hall–Kier alpha value is -3.08. The standard InChI is InChI=1S/C17H14N4O/c22-17(12-6-5-11-7-8-18-15(11)9-12)19-10-16-20-13-3-1-2-4-14(13)21-16/h1-9,18H,10H2,(H,19,22)(H,20,21). The molecule has 0 aliphatic heterocycles. The molecule has 2 aromatic heterocycles. The van der Waals surface area contributed by atoms with Crippen molar-refractivity contribution in [2.75, 3.05) is 0 Å². The van der Waals surface area contributed by atoms with Gasteiger partial charge in [-0.3, -0.25) is 4.79 Å². The summed E-state index contributed by atoms with van der Waals surface area (Å²) >= 11 is 0. The monoisotopic (exact) mass is 290 g/mol. The Labute approximate surface area is 126 Å². The van der Waals surface area contributed by atoms with E-state index in [2.05, 4.69) is 20.3 Å². The van der Waals surface area contributed by atoms with E-state index in [0.717, 1.165) is 27.8 Å². The van der Waals surface area contributed by atoms with Crippen LogP contribution >= 0.6 is 0 Å². The molecule has 0 radical (unpaired) electrons. The first-order chi connectivity index (χ1) is 10.8. The van der Waals surface area contributed by atoms with Crippen LogP contribution in [-0.4, -0.2) is 20.9 Å². The number of para-hydroxylation sites is 2. The largest absolute Gasteiger partial charge is 0.361 e. The quantitative estimate of drug-likeness (QED) is 0.542. The number of hydrogen-bond donors (Lipinski definition) is 3. The van der Waals surface area contributed by atoms with Gasteiger partial charge in [-0.1, -0.05) is 18.2 Å². The fraction of sp³-hybridized carbons (Fsp3) is 0.0588. The van der Waals surface area contributed by atoms with Gasteiger partial charge in [-0.2, -0.15) is 0 Å². The molecule has 5 nitrogen and oxygen atoms in total. The van der Waals surface area contributed by atoms with Crippen molar-refractivity contribution < 1.29 is 4.79 Å². The third kappa shape index (κ3) is 2.22. The number of carbonyl (C=O) groups excluding carboxylic acids is 1. The van der Waals surface area contributed by atoms with Crippen molar-refractivity contribution in [2.45, 2.75) is 6.54 Å². The van der Waals surface area contributed by atoms with Gasteiger partial charge in [0.25, 0.3) is 5.91 Å². The van der Waals surface area contributed by atoms with Crippen LogP contribution in [0.15, 0.2) is 54.7 Å². The summed E-state index contributed by atoms with van der Waals surface area (Å²) in [6.07, 6.45) is 1.86. The second kappa shape index (κ2) is 5.04. The van der Waals surface area contributed by atoms with E-state index in [-0.39, 0.29) is 5.91 Å². The fourth-order valence-electron chi connectivity index (χ4n) is 2.54. The molecule has 108 valence electrons. The summed E-state index contributed by atoms with van der Waals surface area (Å²) in [5.41, 5.74) is 3.46. The van der Waals surface area contributed by atoms with Crippen LogP contribution < -0.4 is 5.32 Å². The van der Waals surface area contributed by atoms with Crippen LogP contribution in [0.2, 0.25) is 0 Å². The van der Waals surface area contributed by atoms with Crippen LogP contribution in [-0.2, 0) is 6.54 Å². The van der Waals surface area contributed by atoms with Gasteiger partial charge in [0.15, 0.2) is 0 Å². The molecular weight excluding hydrogens is 276 g/mol. The Morgan fingerprint density at radius 3 is 2.91 bits per heavy atom. The summed E-state index contributed by atoms with van der Waals surface area (Å²) in [5.74, 6) is 0.632. The van der Waals surface area contributed by atoms with Gasteiger partial charge < -0.3 is 15.3 Å². The Morgan fingerprint density at radius 1 is 1.09 bits per heavy atom. The number of carbonyl (C=O) groups is 1. The maximum Gasteiger partial charge on any atom is 0.251 e. The molecule has 0 aliphatic rings. The van der Waals surface area contributed by atoms with Gasteiger partial charge in [-0.05, 0) is 35.7 Å². The van der Waals surface area contributed by atoms with E-state index in [1.165, 1.54) is 0 Å². The smallest absolute Gasteiger partial charge is 0.251 e. The average molecular weight is 290 g/mol. The lowest BCUT2D eigenvalue weighted by Gasteiger charge is -2.03. The molecule has 0 aliphatic carbocycles. The van der Waals surface area contributed by atoms with Gasteiger partial charge in [-0.15, -0.1) is 0 Å². The molecule has 2 heterocycles. The van der Waals surface area contributed by atoms with Crippen molar-refractivity contribution in [1.29, 1.82) is 0 Å². The predicted octanol–water partition coefficient (Wildman–Crippen LogP) is 2.97. The number of aromatic amines is 2. The van der Waals surface area contributed by atoms with E-state index in [0.29, 0.717) is 12.1 Å². The molecule has 0 bridgehead atoms. The van der Waals surface area contributed by atoms with E-state index in [4.69, 9.17) is 0 Å². The van der Waals surface area contributed by atoms with E-state index < -0.39 is 0 Å². The van der Waals surface area contributed by atoms with Crippen molar-refractivity contribution in [2.24, 2.45) is 0 Å². The molecule has 2 aromatic carbocycles. The lowest BCUT2D eigenvalue weighted by atomic mass is 10.1. The number of hydrogen-bond acceptors (Lipinski definition) is 2. The first-order valence-corrected chi connectivity index (χ1v) is 7.08. The van der Waals surface area contributed by atoms with Crippen LogP contribution in [0.25, 0.3) is 21.9 Å². The highest BCUT2D eigenvalue weighted by Crippen LogP contribution is 2.14. The molecule has 3 N–H and O–H groups in total. The molecule has 0 fully saturated rings. The minimum atomic E-state index is -0.114. The van der Waals surface area contributed by atoms with E-state index in [1.807, 2.05) is 54.7 Å². The highest BCUT2D eigenvalue weighted by molar-refractivity contribution is 5.97. The summed E-state index contributed by atoms with van der Waals surface area (Å²) in [6.45, 7) is 0.371. The van der Waals surface area contributed by atoms with Crippen molar-refractivity contribution in [1.82, 2.24) is 20.3 Å². The molecular formula is C17H14N4O. The van der Waals surface area contributed by atoms with Gasteiger partial charge in [0.05, 0.1) is 17.6 Å². The number of benzene rings is 2. The number of H-pyrrole nitrogens is 2. The lowest BCUT2D eigenvalue weighted by molar-refractivity contribution is 0.0950. The van der Waals surface area contributed by atoms with E-state index in [1.54, 1.807) is 0 Å². The number of fused-ring (bicyclic) bond motifs is 2. The minimum Gasteiger partial charge on any atom is -0.361 e. The Balaban J connectivity index is 1.51. The predicted molar refractivity (Wildman–Crippen MR) is 85.6 cm³/mol. The maximum absolute atomic E-state index is 12.2. The minimum absolute atomic E-state index is 0.114. The normalized spacial score (nSPS) is 11.1. The highest BCUT2D eigenvalue weighted by Gasteiger charge is 2.08. The van der Waals surface area contributed by atoms with E-state index >= 15 is 0 Å². The number of imidazole rings is 1. The zero-order valence-electron chi connectivity index (χ0n) is 11.8. The van der Waals surface area contributed by atoms with Crippen LogP contribution in [0.3, 0.4) is 0 Å². The molecule has 22 heavy (non-hydrogen) atoms. The summed E-state index contributed by atoms with van der Waals surface area (Å²) < 4.78 is 0. The third-order valence-corrected chi connectivity index (χ3v) is 3.67. The lowest BCUT2D eigenvalue weighted by Crippen LogP contribution is -2.23. The van der Waals surface area contributed by atoms with Crippen molar-refractivity contribution in [3.63, 3.8) is 0 Å². The number of amides is 1. The molecule has 0 saturated heterocycles. The third-order valence-electron chi connectivity index (χ3n) is 3.67. The molecule has 4 rings (SSSR count). The molecule has 5 heteroatoms. The van der Waals surface area contributed by atoms with Gasteiger partial charge in [0.1, 0.15) is 5.82 Å². The molecule has 0 saturated carbocycles. The summed E-state index contributed by atoms with van der Waals surface area (Å²) in [7, 11) is 0. The molecule has 0 atom stereocenters. The molecule has 4 aromatic rings. The first-order valence-electron chi connectivity index (χ1n) is 7.08. The topological polar surface area (TPSA) is 73.6 Å². The van der Waals surface area contributed by atoms with Crippen molar-refractivity contribution >= 4 is 27.8 Å². The van der Waals surface area contributed by atoms with Gasteiger partial charge in [-0.25, -0.2) is 4.98 Å². The van der Waals surface area contributed by atoms with Crippen LogP contribution in [0.1, 0.15) is 16.2 Å². The number of rotatable bonds is 3. The number of nitrogens with one attached hydrogen (secondary N) is 3. The van der Waals surface area contributed by atoms with Gasteiger partial charge in [0.2, 0.25) is 0 Å². The second-order valence-corrected chi connectivity index (χ2v) is 5.16. The SMILES string of the molecule is O=C(NCc1nc2ccccc2[nH]1)c1ccc2cc[nH]c2c1. The van der Waals surface area contributed by atoms with Crippen molar-refractivity contribution in [3.8, 4) is 0 Å². The molecule has 0 spiro atoms. The van der Waals surface area contributed by atoms with E-state index in [9.17, 15) is 4.79 Å². The zero-order chi connectivity index (χ0) is 14.9. The number of aromatic nitrogens is 3. The summed E-state index contributed by atoms with van der Waals surface area (Å²) in [6, 6.07) is 15.4. The summed E-state index contributed by atoms with van der Waals surface area (Å²) in [5, 5.41) is 3.98. The van der Waals surface area contributed by atoms with Crippen LogP contribution in [0.4, 0.5) is 0 Å². The second-order valence-electron chi connectivity index (χ2n) is 5.16. The van der Waals surface area contributed by atoms with Crippen LogP contribution in [0.5, 0.6) is 0 Å². The molecule has 0 unspecified atom stereocenters. The van der Waals surface area contributed by atoms with Gasteiger partial charge in [0, 0.05) is 17.3 Å². The summed E-state index contributed by atoms with van der Waals surface area (Å²) in [4.78, 5) is 23.0. The fourth-order valence-corrected chi connectivity index (χ4v) is 2.54. The van der Waals surface area contributed by atoms with Crippen LogP contribution in [0, 0.1) is 0 Å².